The molecule has 2 nitrogen and oxygen atoms in total. The Bertz CT molecular complexity index is 594. The largest absolute Gasteiger partial charge is 0.367 e. The van der Waals surface area contributed by atoms with Crippen molar-refractivity contribution in [3.05, 3.63) is 50.7 Å². The highest BCUT2D eigenvalue weighted by atomic mass is 35.5. The summed E-state index contributed by atoms with van der Waals surface area (Å²) in [4.78, 5) is 4.02. The molecule has 0 fully saturated rings. The summed E-state index contributed by atoms with van der Waals surface area (Å²) < 4.78 is 0. The molecule has 1 N–H and O–H groups in total. The number of anilines is 1. The van der Waals surface area contributed by atoms with Crippen molar-refractivity contribution >= 4 is 28.6 Å². The van der Waals surface area contributed by atoms with Crippen LogP contribution in [0.3, 0.4) is 0 Å². The van der Waals surface area contributed by atoms with Gasteiger partial charge in [0, 0.05) is 35.2 Å². The Morgan fingerprint density at radius 2 is 2.25 bits per heavy atom. The van der Waals surface area contributed by atoms with Gasteiger partial charge in [0.2, 0.25) is 0 Å². The lowest BCUT2D eigenvalue weighted by Crippen LogP contribution is -2.30. The van der Waals surface area contributed by atoms with E-state index in [1.165, 1.54) is 16.8 Å². The number of benzene rings is 1. The van der Waals surface area contributed by atoms with Crippen LogP contribution in [0.2, 0.25) is 5.02 Å². The average molecular weight is 307 g/mol. The van der Waals surface area contributed by atoms with Gasteiger partial charge in [0.05, 0.1) is 0 Å². The first kappa shape index (κ1) is 13.9. The Balaban J connectivity index is 1.86. The zero-order valence-electron chi connectivity index (χ0n) is 11.7. The highest BCUT2D eigenvalue weighted by molar-refractivity contribution is 7.10. The normalized spacial score (nSPS) is 14.4. The monoisotopic (exact) mass is 306 g/mol. The van der Waals surface area contributed by atoms with Gasteiger partial charge in [-0.25, -0.2) is 0 Å². The molecule has 1 aliphatic rings. The molecule has 0 saturated heterocycles. The maximum atomic E-state index is 6.15. The minimum Gasteiger partial charge on any atom is -0.367 e. The van der Waals surface area contributed by atoms with Crippen LogP contribution in [0, 0.1) is 0 Å². The zero-order valence-corrected chi connectivity index (χ0v) is 13.2. The van der Waals surface area contributed by atoms with Gasteiger partial charge < -0.3 is 10.2 Å². The first-order valence-corrected chi connectivity index (χ1v) is 8.33. The number of nitrogens with one attached hydrogen (secondary N) is 1. The lowest BCUT2D eigenvalue weighted by atomic mass is 10.1. The van der Waals surface area contributed by atoms with Gasteiger partial charge >= 0.3 is 0 Å². The van der Waals surface area contributed by atoms with E-state index in [0.29, 0.717) is 0 Å². The van der Waals surface area contributed by atoms with Gasteiger partial charge in [-0.15, -0.1) is 11.3 Å². The topological polar surface area (TPSA) is 15.3 Å². The summed E-state index contributed by atoms with van der Waals surface area (Å²) in [6.45, 7) is 6.08. The fourth-order valence-corrected chi connectivity index (χ4v) is 3.80. The quantitative estimate of drug-likeness (QED) is 0.916. The van der Waals surface area contributed by atoms with Gasteiger partial charge in [-0.05, 0) is 53.7 Å². The molecule has 1 aromatic carbocycles. The molecular weight excluding hydrogens is 288 g/mol. The summed E-state index contributed by atoms with van der Waals surface area (Å²) in [5, 5.41) is 6.42. The van der Waals surface area contributed by atoms with Gasteiger partial charge in [0.15, 0.2) is 0 Å². The van der Waals surface area contributed by atoms with Crippen LogP contribution in [0.1, 0.15) is 22.9 Å². The predicted molar refractivity (Wildman–Crippen MR) is 87.9 cm³/mol. The summed E-state index contributed by atoms with van der Waals surface area (Å²) in [6.07, 6.45) is 1.15. The Morgan fingerprint density at radius 1 is 1.35 bits per heavy atom. The standard InChI is InChI=1S/C16H19ClN2S/c1-2-18-10-13-9-14(17)3-4-15(13)19-7-5-16-12(11-19)6-8-20-16/h3-4,6,8-9,18H,2,5,7,10-11H2,1H3. The number of fused-ring (bicyclic) bond motifs is 1. The zero-order chi connectivity index (χ0) is 13.9. The van der Waals surface area contributed by atoms with Crippen molar-refractivity contribution in [2.24, 2.45) is 0 Å². The van der Waals surface area contributed by atoms with E-state index in [2.05, 4.69) is 40.7 Å². The average Bonchev–Trinajstić information content (AvgIpc) is 2.92. The van der Waals surface area contributed by atoms with Crippen molar-refractivity contribution in [2.45, 2.75) is 26.4 Å². The van der Waals surface area contributed by atoms with Crippen LogP contribution in [-0.4, -0.2) is 13.1 Å². The third kappa shape index (κ3) is 2.85. The van der Waals surface area contributed by atoms with Crippen LogP contribution in [0.25, 0.3) is 0 Å². The van der Waals surface area contributed by atoms with Crippen molar-refractivity contribution in [1.29, 1.82) is 0 Å². The highest BCUT2D eigenvalue weighted by Crippen LogP contribution is 2.31. The molecule has 4 heteroatoms. The summed E-state index contributed by atoms with van der Waals surface area (Å²) in [5.41, 5.74) is 4.08. The van der Waals surface area contributed by atoms with Crippen molar-refractivity contribution in [3.8, 4) is 0 Å². The minimum absolute atomic E-state index is 0.815. The molecule has 0 aliphatic carbocycles. The molecule has 0 saturated carbocycles. The molecule has 2 heterocycles. The molecule has 0 unspecified atom stereocenters. The molecule has 0 spiro atoms. The second-order valence-corrected chi connectivity index (χ2v) is 6.53. The molecule has 3 rings (SSSR count). The molecule has 106 valence electrons. The van der Waals surface area contributed by atoms with Crippen LogP contribution in [0.4, 0.5) is 5.69 Å². The summed E-state index contributed by atoms with van der Waals surface area (Å²) in [5.74, 6) is 0. The lowest BCUT2D eigenvalue weighted by molar-refractivity contribution is 0.705. The van der Waals surface area contributed by atoms with Crippen molar-refractivity contribution < 1.29 is 0 Å². The first-order valence-electron chi connectivity index (χ1n) is 7.07. The Hall–Kier alpha value is -1.03. The molecule has 0 amide bonds. The van der Waals surface area contributed by atoms with E-state index in [-0.39, 0.29) is 0 Å². The number of hydrogen-bond donors (Lipinski definition) is 1. The van der Waals surface area contributed by atoms with E-state index in [1.54, 1.807) is 4.88 Å². The van der Waals surface area contributed by atoms with Crippen LogP contribution in [0.15, 0.2) is 29.6 Å². The predicted octanol–water partition coefficient (Wildman–Crippen LogP) is 4.07. The molecule has 0 bridgehead atoms. The molecule has 0 radical (unpaired) electrons. The molecule has 1 aliphatic heterocycles. The number of rotatable bonds is 4. The maximum Gasteiger partial charge on any atom is 0.0440 e. The number of thiophene rings is 1. The van der Waals surface area contributed by atoms with E-state index in [0.717, 1.165) is 37.6 Å². The van der Waals surface area contributed by atoms with Crippen LogP contribution in [-0.2, 0) is 19.5 Å². The lowest BCUT2D eigenvalue weighted by Gasteiger charge is -2.31. The minimum atomic E-state index is 0.815. The Kier molecular flexibility index (Phi) is 4.29. The van der Waals surface area contributed by atoms with E-state index in [9.17, 15) is 0 Å². The van der Waals surface area contributed by atoms with E-state index in [1.807, 2.05) is 17.4 Å². The Morgan fingerprint density at radius 3 is 3.10 bits per heavy atom. The molecule has 1 aromatic heterocycles. The summed E-state index contributed by atoms with van der Waals surface area (Å²) in [6, 6.07) is 8.50. The van der Waals surface area contributed by atoms with Gasteiger partial charge in [-0.2, -0.15) is 0 Å². The Labute approximate surface area is 129 Å². The highest BCUT2D eigenvalue weighted by Gasteiger charge is 2.19. The smallest absolute Gasteiger partial charge is 0.0440 e. The number of nitrogens with zero attached hydrogens (tertiary/aromatic N) is 1. The van der Waals surface area contributed by atoms with Crippen LogP contribution in [0.5, 0.6) is 0 Å². The van der Waals surface area contributed by atoms with E-state index >= 15 is 0 Å². The van der Waals surface area contributed by atoms with Gasteiger partial charge in [-0.3, -0.25) is 0 Å². The van der Waals surface area contributed by atoms with Crippen LogP contribution < -0.4 is 10.2 Å². The second-order valence-electron chi connectivity index (χ2n) is 5.09. The summed E-state index contributed by atoms with van der Waals surface area (Å²) in [7, 11) is 0. The van der Waals surface area contributed by atoms with Crippen LogP contribution >= 0.6 is 22.9 Å². The van der Waals surface area contributed by atoms with E-state index < -0.39 is 0 Å². The van der Waals surface area contributed by atoms with Gasteiger partial charge in [-0.1, -0.05) is 18.5 Å². The molecule has 0 atom stereocenters. The fourth-order valence-electron chi connectivity index (χ4n) is 2.72. The fraction of sp³-hybridized carbons (Fsp3) is 0.375. The molecular formula is C16H19ClN2S. The maximum absolute atomic E-state index is 6.15. The van der Waals surface area contributed by atoms with Gasteiger partial charge in [0.1, 0.15) is 0 Å². The second kappa shape index (κ2) is 6.17. The SMILES string of the molecule is CCNCc1cc(Cl)ccc1N1CCc2sccc2C1. The van der Waals surface area contributed by atoms with Crippen molar-refractivity contribution in [3.63, 3.8) is 0 Å². The third-order valence-electron chi connectivity index (χ3n) is 3.76. The molecule has 20 heavy (non-hydrogen) atoms. The number of halogens is 1. The van der Waals surface area contributed by atoms with Crippen molar-refractivity contribution in [1.82, 2.24) is 5.32 Å². The third-order valence-corrected chi connectivity index (χ3v) is 5.01. The number of hydrogen-bond acceptors (Lipinski definition) is 3. The van der Waals surface area contributed by atoms with Crippen molar-refractivity contribution in [2.75, 3.05) is 18.0 Å². The van der Waals surface area contributed by atoms with Gasteiger partial charge in [0.25, 0.3) is 0 Å². The summed E-state index contributed by atoms with van der Waals surface area (Å²) >= 11 is 8.04. The molecule has 2 aromatic rings. The van der Waals surface area contributed by atoms with E-state index in [4.69, 9.17) is 11.6 Å². The first-order chi connectivity index (χ1) is 9.78.